The smallest absolute Gasteiger partial charge is 0.228 e. The lowest BCUT2D eigenvalue weighted by Crippen LogP contribution is -2.10. The number of hydrogen-bond acceptors (Lipinski definition) is 6. The average molecular weight is 298 g/mol. The van der Waals surface area contributed by atoms with E-state index in [2.05, 4.69) is 15.5 Å². The van der Waals surface area contributed by atoms with Gasteiger partial charge in [0.1, 0.15) is 0 Å². The highest BCUT2D eigenvalue weighted by atomic mass is 35.5. The summed E-state index contributed by atoms with van der Waals surface area (Å²) in [5.74, 6) is 2.05. The summed E-state index contributed by atoms with van der Waals surface area (Å²) >= 11 is 6.15. The van der Waals surface area contributed by atoms with Crippen LogP contribution >= 0.6 is 11.6 Å². The molecule has 1 aromatic heterocycles. The molecule has 0 radical (unpaired) electrons. The molecule has 0 atom stereocenters. The van der Waals surface area contributed by atoms with Crippen molar-refractivity contribution in [3.8, 4) is 22.9 Å². The predicted octanol–water partition coefficient (Wildman–Crippen LogP) is 2.17. The van der Waals surface area contributed by atoms with E-state index in [0.29, 0.717) is 40.2 Å². The van der Waals surface area contributed by atoms with Crippen LogP contribution in [0.4, 0.5) is 0 Å². The second kappa shape index (κ2) is 6.58. The van der Waals surface area contributed by atoms with Crippen LogP contribution in [-0.4, -0.2) is 38.0 Å². The number of likely N-dealkylation sites (N-methyl/N-ethyl adjacent to an activating group) is 1. The van der Waals surface area contributed by atoms with Crippen LogP contribution in [0, 0.1) is 0 Å². The van der Waals surface area contributed by atoms with Gasteiger partial charge in [0.05, 0.1) is 19.2 Å². The van der Waals surface area contributed by atoms with Gasteiger partial charge in [-0.25, -0.2) is 0 Å². The van der Waals surface area contributed by atoms with Crippen molar-refractivity contribution in [1.82, 2.24) is 15.5 Å². The Balaban J connectivity index is 2.32. The molecule has 0 unspecified atom stereocenters. The van der Waals surface area contributed by atoms with Gasteiger partial charge in [0.15, 0.2) is 11.5 Å². The Bertz CT molecular complexity index is 586. The number of nitrogens with zero attached hydrogens (tertiary/aromatic N) is 2. The molecule has 20 heavy (non-hydrogen) atoms. The number of rotatable bonds is 6. The molecule has 0 fully saturated rings. The van der Waals surface area contributed by atoms with E-state index in [1.54, 1.807) is 19.2 Å². The van der Waals surface area contributed by atoms with Gasteiger partial charge in [0, 0.05) is 18.5 Å². The molecule has 1 N–H and O–H groups in total. The van der Waals surface area contributed by atoms with Crippen LogP contribution in [0.1, 0.15) is 5.89 Å². The van der Waals surface area contributed by atoms with Crippen molar-refractivity contribution < 1.29 is 14.0 Å². The zero-order valence-electron chi connectivity index (χ0n) is 11.6. The molecule has 0 aliphatic rings. The highest BCUT2D eigenvalue weighted by Crippen LogP contribution is 2.38. The monoisotopic (exact) mass is 297 g/mol. The maximum Gasteiger partial charge on any atom is 0.228 e. The largest absolute Gasteiger partial charge is 0.493 e. The van der Waals surface area contributed by atoms with E-state index in [9.17, 15) is 0 Å². The zero-order valence-corrected chi connectivity index (χ0v) is 12.3. The Hall–Kier alpha value is -1.79. The third-order valence-electron chi connectivity index (χ3n) is 2.75. The molecule has 1 aromatic carbocycles. The molecule has 0 amide bonds. The number of halogens is 1. The molecular formula is C13H16ClN3O3. The maximum atomic E-state index is 6.15. The molecular weight excluding hydrogens is 282 g/mol. The summed E-state index contributed by atoms with van der Waals surface area (Å²) in [6, 6.07) is 3.48. The summed E-state index contributed by atoms with van der Waals surface area (Å²) in [4.78, 5) is 4.32. The number of benzene rings is 1. The van der Waals surface area contributed by atoms with E-state index in [-0.39, 0.29) is 0 Å². The summed E-state index contributed by atoms with van der Waals surface area (Å²) in [6.07, 6.45) is 0.671. The van der Waals surface area contributed by atoms with Crippen molar-refractivity contribution in [1.29, 1.82) is 0 Å². The summed E-state index contributed by atoms with van der Waals surface area (Å²) in [5, 5.41) is 7.40. The minimum Gasteiger partial charge on any atom is -0.493 e. The van der Waals surface area contributed by atoms with Crippen LogP contribution in [0.25, 0.3) is 11.4 Å². The van der Waals surface area contributed by atoms with Gasteiger partial charge in [0.25, 0.3) is 0 Å². The SMILES string of the molecule is CNCCc1nc(-c2cc(Cl)c(OC)c(OC)c2)no1. The summed E-state index contributed by atoms with van der Waals surface area (Å²) in [5.41, 5.74) is 0.715. The van der Waals surface area contributed by atoms with Crippen LogP contribution in [-0.2, 0) is 6.42 Å². The molecule has 0 aliphatic heterocycles. The molecule has 0 saturated carbocycles. The van der Waals surface area contributed by atoms with Crippen molar-refractivity contribution in [2.24, 2.45) is 0 Å². The van der Waals surface area contributed by atoms with E-state index in [0.717, 1.165) is 6.54 Å². The van der Waals surface area contributed by atoms with E-state index in [1.807, 2.05) is 7.05 Å². The molecule has 2 rings (SSSR count). The van der Waals surface area contributed by atoms with Crippen LogP contribution in [0.2, 0.25) is 5.02 Å². The normalized spacial score (nSPS) is 10.6. The first-order valence-corrected chi connectivity index (χ1v) is 6.46. The standard InChI is InChI=1S/C13H16ClN3O3/c1-15-5-4-11-16-13(17-20-11)8-6-9(14)12(19-3)10(7-8)18-2/h6-7,15H,4-5H2,1-3H3. The number of methoxy groups -OCH3 is 2. The lowest BCUT2D eigenvalue weighted by atomic mass is 10.2. The summed E-state index contributed by atoms with van der Waals surface area (Å²) in [7, 11) is 4.95. The Morgan fingerprint density at radius 2 is 2.10 bits per heavy atom. The molecule has 108 valence electrons. The third kappa shape index (κ3) is 3.02. The van der Waals surface area contributed by atoms with Gasteiger partial charge in [0.2, 0.25) is 11.7 Å². The lowest BCUT2D eigenvalue weighted by molar-refractivity contribution is 0.355. The summed E-state index contributed by atoms with van der Waals surface area (Å²) in [6.45, 7) is 0.772. The molecule has 2 aromatic rings. The molecule has 0 bridgehead atoms. The van der Waals surface area contributed by atoms with E-state index in [4.69, 9.17) is 25.6 Å². The fraction of sp³-hybridized carbons (Fsp3) is 0.385. The first-order valence-electron chi connectivity index (χ1n) is 6.08. The number of hydrogen-bond donors (Lipinski definition) is 1. The van der Waals surface area contributed by atoms with Gasteiger partial charge in [-0.15, -0.1) is 0 Å². The average Bonchev–Trinajstić information content (AvgIpc) is 2.93. The van der Waals surface area contributed by atoms with Gasteiger partial charge in [-0.3, -0.25) is 0 Å². The lowest BCUT2D eigenvalue weighted by Gasteiger charge is -2.10. The second-order valence-corrected chi connectivity index (χ2v) is 4.47. The Labute approximate surface area is 122 Å². The van der Waals surface area contributed by atoms with Crippen LogP contribution in [0.15, 0.2) is 16.7 Å². The number of ether oxygens (including phenoxy) is 2. The first-order chi connectivity index (χ1) is 9.69. The third-order valence-corrected chi connectivity index (χ3v) is 3.03. The van der Waals surface area contributed by atoms with Gasteiger partial charge < -0.3 is 19.3 Å². The zero-order chi connectivity index (χ0) is 14.5. The minimum absolute atomic E-state index is 0.434. The predicted molar refractivity (Wildman–Crippen MR) is 75.5 cm³/mol. The number of aromatic nitrogens is 2. The highest BCUT2D eigenvalue weighted by Gasteiger charge is 2.15. The Kier molecular flexibility index (Phi) is 4.81. The minimum atomic E-state index is 0.434. The molecule has 0 spiro atoms. The quantitative estimate of drug-likeness (QED) is 0.881. The van der Waals surface area contributed by atoms with Gasteiger partial charge >= 0.3 is 0 Å². The van der Waals surface area contributed by atoms with Crippen LogP contribution in [0.5, 0.6) is 11.5 Å². The Morgan fingerprint density at radius 1 is 1.30 bits per heavy atom. The fourth-order valence-electron chi connectivity index (χ4n) is 1.75. The number of nitrogens with one attached hydrogen (secondary N) is 1. The van der Waals surface area contributed by atoms with Gasteiger partial charge in [-0.05, 0) is 19.2 Å². The molecule has 7 heteroatoms. The molecule has 0 saturated heterocycles. The fourth-order valence-corrected chi connectivity index (χ4v) is 2.04. The second-order valence-electron chi connectivity index (χ2n) is 4.06. The molecule has 1 heterocycles. The van der Waals surface area contributed by atoms with Gasteiger partial charge in [-0.1, -0.05) is 16.8 Å². The van der Waals surface area contributed by atoms with E-state index >= 15 is 0 Å². The molecule has 0 aliphatic carbocycles. The topological polar surface area (TPSA) is 69.4 Å². The molecule has 6 nitrogen and oxygen atoms in total. The van der Waals surface area contributed by atoms with Crippen LogP contribution < -0.4 is 14.8 Å². The van der Waals surface area contributed by atoms with Crippen LogP contribution in [0.3, 0.4) is 0 Å². The highest BCUT2D eigenvalue weighted by molar-refractivity contribution is 6.32. The Morgan fingerprint density at radius 3 is 2.75 bits per heavy atom. The van der Waals surface area contributed by atoms with Crippen molar-refractivity contribution in [2.45, 2.75) is 6.42 Å². The van der Waals surface area contributed by atoms with Crippen molar-refractivity contribution >= 4 is 11.6 Å². The van der Waals surface area contributed by atoms with Crippen molar-refractivity contribution in [2.75, 3.05) is 27.8 Å². The van der Waals surface area contributed by atoms with E-state index in [1.165, 1.54) is 7.11 Å². The first kappa shape index (κ1) is 14.6. The maximum absolute atomic E-state index is 6.15. The van der Waals surface area contributed by atoms with Gasteiger partial charge in [-0.2, -0.15) is 4.98 Å². The van der Waals surface area contributed by atoms with Crippen molar-refractivity contribution in [3.05, 3.63) is 23.0 Å². The summed E-state index contributed by atoms with van der Waals surface area (Å²) < 4.78 is 15.6. The van der Waals surface area contributed by atoms with E-state index < -0.39 is 0 Å². The van der Waals surface area contributed by atoms with Crippen molar-refractivity contribution in [3.63, 3.8) is 0 Å².